The van der Waals surface area contributed by atoms with Gasteiger partial charge in [-0.25, -0.2) is 0 Å². The Morgan fingerprint density at radius 1 is 1.00 bits per heavy atom. The van der Waals surface area contributed by atoms with Crippen molar-refractivity contribution in [1.29, 1.82) is 0 Å². The number of benzene rings is 3. The van der Waals surface area contributed by atoms with Crippen molar-refractivity contribution >= 4 is 84.5 Å². The summed E-state index contributed by atoms with van der Waals surface area (Å²) >= 11 is 10.9. The van der Waals surface area contributed by atoms with Crippen LogP contribution in [0, 0.1) is 3.57 Å². The van der Waals surface area contributed by atoms with Crippen molar-refractivity contribution in [3.8, 4) is 5.75 Å². The Morgan fingerprint density at radius 2 is 1.66 bits per heavy atom. The van der Waals surface area contributed by atoms with Crippen LogP contribution in [0.3, 0.4) is 0 Å². The molecule has 1 aliphatic rings. The average molecular weight is 621 g/mol. The van der Waals surface area contributed by atoms with Gasteiger partial charge in [0.25, 0.3) is 11.8 Å². The van der Waals surface area contributed by atoms with Gasteiger partial charge in [0.2, 0.25) is 0 Å². The molecule has 1 heterocycles. The molecule has 8 heteroatoms. The largest absolute Gasteiger partial charge is 0.487 e. The van der Waals surface area contributed by atoms with E-state index in [2.05, 4.69) is 68.9 Å². The maximum Gasteiger partial charge on any atom is 0.265 e. The molecule has 0 atom stereocenters. The summed E-state index contributed by atoms with van der Waals surface area (Å²) in [6, 6.07) is 18.2. The van der Waals surface area contributed by atoms with E-state index in [1.807, 2.05) is 24.3 Å². The smallest absolute Gasteiger partial charge is 0.265 e. The zero-order valence-corrected chi connectivity index (χ0v) is 21.8. The first-order chi connectivity index (χ1) is 15.3. The number of carbonyl (C=O) groups excluding carboxylic acids is 2. The molecular weight excluding hydrogens is 603 g/mol. The molecule has 0 spiro atoms. The molecule has 0 aliphatic carbocycles. The molecule has 5 nitrogen and oxygen atoms in total. The molecule has 0 saturated carbocycles. The molecule has 0 N–H and O–H groups in total. The molecule has 3 aromatic rings. The highest BCUT2D eigenvalue weighted by atomic mass is 127. The summed E-state index contributed by atoms with van der Waals surface area (Å²) in [6.45, 7) is 0.421. The van der Waals surface area contributed by atoms with Gasteiger partial charge in [-0.1, -0.05) is 36.4 Å². The van der Waals surface area contributed by atoms with Gasteiger partial charge in [0.15, 0.2) is 5.11 Å². The Balaban J connectivity index is 1.58. The third kappa shape index (κ3) is 4.44. The highest BCUT2D eigenvalue weighted by Crippen LogP contribution is 2.34. The van der Waals surface area contributed by atoms with Crippen LogP contribution < -0.4 is 4.74 Å². The number of amides is 2. The van der Waals surface area contributed by atoms with Crippen LogP contribution >= 0.6 is 50.7 Å². The van der Waals surface area contributed by atoms with Crippen LogP contribution in [0.5, 0.6) is 5.75 Å². The lowest BCUT2D eigenvalue weighted by Crippen LogP contribution is -2.52. The van der Waals surface area contributed by atoms with Gasteiger partial charge in [-0.05, 0) is 96.9 Å². The molecular formula is C24H18BrIN2O3S. The van der Waals surface area contributed by atoms with Crippen LogP contribution in [0.25, 0.3) is 16.8 Å². The standard InChI is InChI=1S/C24H18BrIN2O3S/c1-27-22(29)18(23(30)28(2)24(27)32)10-15-11-19(25)21(20(26)12-15)31-13-14-7-8-16-5-3-4-6-17(16)9-14/h3-12H,13H2,1-2H3. The van der Waals surface area contributed by atoms with Crippen molar-refractivity contribution in [1.82, 2.24) is 9.80 Å². The van der Waals surface area contributed by atoms with Gasteiger partial charge in [-0.2, -0.15) is 0 Å². The number of likely N-dealkylation sites (N-methyl/N-ethyl adjacent to an activating group) is 2. The number of nitrogens with zero attached hydrogens (tertiary/aromatic N) is 2. The number of hydrogen-bond donors (Lipinski definition) is 0. The van der Waals surface area contributed by atoms with E-state index in [4.69, 9.17) is 17.0 Å². The van der Waals surface area contributed by atoms with E-state index in [9.17, 15) is 9.59 Å². The number of carbonyl (C=O) groups is 2. The van der Waals surface area contributed by atoms with Gasteiger partial charge in [0.05, 0.1) is 8.04 Å². The molecule has 3 aromatic carbocycles. The highest BCUT2D eigenvalue weighted by molar-refractivity contribution is 14.1. The van der Waals surface area contributed by atoms with Crippen LogP contribution in [-0.4, -0.2) is 40.8 Å². The minimum Gasteiger partial charge on any atom is -0.487 e. The molecule has 0 radical (unpaired) electrons. The number of ether oxygens (including phenoxy) is 1. The first-order valence-corrected chi connectivity index (χ1v) is 12.0. The minimum atomic E-state index is -0.416. The summed E-state index contributed by atoms with van der Waals surface area (Å²) in [5.41, 5.74) is 1.85. The lowest BCUT2D eigenvalue weighted by Gasteiger charge is -2.31. The molecule has 4 rings (SSSR count). The van der Waals surface area contributed by atoms with E-state index in [0.29, 0.717) is 17.9 Å². The second kappa shape index (κ2) is 9.29. The first-order valence-electron chi connectivity index (χ1n) is 9.67. The SMILES string of the molecule is CN1C(=O)C(=Cc2cc(Br)c(OCc3ccc4ccccc4c3)c(I)c2)C(=O)N(C)C1=S. The van der Waals surface area contributed by atoms with Crippen LogP contribution in [-0.2, 0) is 16.2 Å². The van der Waals surface area contributed by atoms with Crippen molar-refractivity contribution in [2.24, 2.45) is 0 Å². The molecule has 0 bridgehead atoms. The van der Waals surface area contributed by atoms with E-state index in [1.54, 1.807) is 20.2 Å². The molecule has 162 valence electrons. The van der Waals surface area contributed by atoms with Crippen molar-refractivity contribution in [2.75, 3.05) is 14.1 Å². The molecule has 0 unspecified atom stereocenters. The summed E-state index contributed by atoms with van der Waals surface area (Å²) in [5.74, 6) is -0.126. The number of fused-ring (bicyclic) bond motifs is 1. The summed E-state index contributed by atoms with van der Waals surface area (Å²) in [6.07, 6.45) is 1.58. The third-order valence-corrected chi connectivity index (χ3v) is 7.11. The van der Waals surface area contributed by atoms with Gasteiger partial charge in [0, 0.05) is 14.1 Å². The first kappa shape index (κ1) is 22.9. The molecule has 0 aromatic heterocycles. The molecule has 1 aliphatic heterocycles. The lowest BCUT2D eigenvalue weighted by molar-refractivity contribution is -0.132. The monoisotopic (exact) mass is 620 g/mol. The Hall–Kier alpha value is -2.30. The molecule has 32 heavy (non-hydrogen) atoms. The summed E-state index contributed by atoms with van der Waals surface area (Å²) in [4.78, 5) is 27.7. The Kier molecular flexibility index (Phi) is 6.64. The van der Waals surface area contributed by atoms with Crippen molar-refractivity contribution in [2.45, 2.75) is 6.61 Å². The van der Waals surface area contributed by atoms with Crippen molar-refractivity contribution < 1.29 is 14.3 Å². The molecule has 1 saturated heterocycles. The Morgan fingerprint density at radius 3 is 2.31 bits per heavy atom. The zero-order valence-electron chi connectivity index (χ0n) is 17.3. The van der Waals surface area contributed by atoms with Crippen LogP contribution in [0.2, 0.25) is 0 Å². The van der Waals surface area contributed by atoms with E-state index in [1.165, 1.54) is 20.6 Å². The van der Waals surface area contributed by atoms with Gasteiger partial charge in [-0.3, -0.25) is 19.4 Å². The maximum absolute atomic E-state index is 12.6. The quantitative estimate of drug-likeness (QED) is 0.170. The van der Waals surface area contributed by atoms with Crippen LogP contribution in [0.15, 0.2) is 64.6 Å². The summed E-state index contributed by atoms with van der Waals surface area (Å²) in [7, 11) is 3.12. The van der Waals surface area contributed by atoms with Crippen molar-refractivity contribution in [3.05, 3.63) is 79.3 Å². The maximum atomic E-state index is 12.6. The molecule has 1 fully saturated rings. The van der Waals surface area contributed by atoms with Gasteiger partial charge in [-0.15, -0.1) is 0 Å². The van der Waals surface area contributed by atoms with Gasteiger partial charge >= 0.3 is 0 Å². The number of rotatable bonds is 4. The van der Waals surface area contributed by atoms with Crippen molar-refractivity contribution in [3.63, 3.8) is 0 Å². The zero-order chi connectivity index (χ0) is 23.0. The van der Waals surface area contributed by atoms with Crippen LogP contribution in [0.1, 0.15) is 11.1 Å². The van der Waals surface area contributed by atoms with Gasteiger partial charge in [0.1, 0.15) is 17.9 Å². The summed E-state index contributed by atoms with van der Waals surface area (Å²) in [5, 5.41) is 2.54. The van der Waals surface area contributed by atoms with E-state index in [-0.39, 0.29) is 10.7 Å². The second-order valence-electron chi connectivity index (χ2n) is 7.35. The summed E-state index contributed by atoms with van der Waals surface area (Å²) < 4.78 is 7.70. The normalized spacial score (nSPS) is 14.4. The fourth-order valence-electron chi connectivity index (χ4n) is 3.43. The average Bonchev–Trinajstić information content (AvgIpc) is 2.78. The number of halogens is 2. The fraction of sp³-hybridized carbons (Fsp3) is 0.125. The Labute approximate surface area is 213 Å². The highest BCUT2D eigenvalue weighted by Gasteiger charge is 2.35. The fourth-order valence-corrected chi connectivity index (χ4v) is 5.36. The van der Waals surface area contributed by atoms with E-state index in [0.717, 1.165) is 13.6 Å². The van der Waals surface area contributed by atoms with E-state index >= 15 is 0 Å². The Bertz CT molecular complexity index is 1260. The van der Waals surface area contributed by atoms with Gasteiger partial charge < -0.3 is 4.74 Å². The topological polar surface area (TPSA) is 49.9 Å². The predicted octanol–water partition coefficient (Wildman–Crippen LogP) is 5.38. The molecule has 2 amide bonds. The number of thiocarbonyl (C=S) groups is 1. The van der Waals surface area contributed by atoms with E-state index < -0.39 is 11.8 Å². The predicted molar refractivity (Wildman–Crippen MR) is 141 cm³/mol. The lowest BCUT2D eigenvalue weighted by atomic mass is 10.1. The van der Waals surface area contributed by atoms with Crippen LogP contribution in [0.4, 0.5) is 0 Å². The number of hydrogen-bond acceptors (Lipinski definition) is 4. The second-order valence-corrected chi connectivity index (χ2v) is 9.73. The minimum absolute atomic E-state index is 0.0659. The third-order valence-electron chi connectivity index (χ3n) is 5.17.